The molecule has 0 fully saturated rings. The predicted octanol–water partition coefficient (Wildman–Crippen LogP) is 3.03. The van der Waals surface area contributed by atoms with E-state index in [0.717, 1.165) is 31.2 Å². The summed E-state index contributed by atoms with van der Waals surface area (Å²) >= 11 is 1.74. The van der Waals surface area contributed by atoms with Gasteiger partial charge in [-0.1, -0.05) is 24.3 Å². The zero-order chi connectivity index (χ0) is 14.5. The van der Waals surface area contributed by atoms with E-state index in [9.17, 15) is 0 Å². The van der Waals surface area contributed by atoms with Gasteiger partial charge < -0.3 is 15.4 Å². The lowest BCUT2D eigenvalue weighted by Crippen LogP contribution is -2.41. The number of nitrogens with one attached hydrogen (secondary N) is 2. The van der Waals surface area contributed by atoms with Crippen LogP contribution >= 0.6 is 35.3 Å². The van der Waals surface area contributed by atoms with Crippen molar-refractivity contribution in [2.45, 2.75) is 19.1 Å². The predicted molar refractivity (Wildman–Crippen MR) is 102 cm³/mol. The number of thiophene rings is 1. The Bertz CT molecular complexity index is 591. The van der Waals surface area contributed by atoms with Crippen LogP contribution in [0.2, 0.25) is 0 Å². The third kappa shape index (κ3) is 4.36. The quantitative estimate of drug-likeness (QED) is 0.446. The van der Waals surface area contributed by atoms with Crippen LogP contribution in [-0.4, -0.2) is 25.7 Å². The molecular weight excluding hydrogens is 409 g/mol. The van der Waals surface area contributed by atoms with Crippen LogP contribution in [0, 0.1) is 0 Å². The summed E-state index contributed by atoms with van der Waals surface area (Å²) in [5.74, 6) is 1.81. The van der Waals surface area contributed by atoms with Crippen molar-refractivity contribution in [1.29, 1.82) is 0 Å². The summed E-state index contributed by atoms with van der Waals surface area (Å²) in [6.07, 6.45) is 1.12. The van der Waals surface area contributed by atoms with E-state index < -0.39 is 0 Å². The molecule has 2 aromatic rings. The Morgan fingerprint density at radius 2 is 2.14 bits per heavy atom. The van der Waals surface area contributed by atoms with E-state index in [1.165, 1.54) is 10.4 Å². The molecule has 0 aliphatic carbocycles. The first kappa shape index (κ1) is 17.1. The van der Waals surface area contributed by atoms with Crippen molar-refractivity contribution in [3.63, 3.8) is 0 Å². The topological polar surface area (TPSA) is 45.7 Å². The highest BCUT2D eigenvalue weighted by Crippen LogP contribution is 2.27. The number of aliphatic imine (C=N–C) groups is 1. The smallest absolute Gasteiger partial charge is 0.191 e. The molecule has 3 rings (SSSR count). The fraction of sp³-hybridized carbons (Fsp3) is 0.312. The highest BCUT2D eigenvalue weighted by atomic mass is 127. The molecule has 1 aliphatic rings. The van der Waals surface area contributed by atoms with Crippen molar-refractivity contribution in [1.82, 2.24) is 10.6 Å². The number of nitrogens with zero attached hydrogens (tertiary/aromatic N) is 1. The van der Waals surface area contributed by atoms with E-state index in [1.54, 1.807) is 18.4 Å². The molecule has 118 valence electrons. The van der Waals surface area contributed by atoms with Crippen molar-refractivity contribution < 1.29 is 4.74 Å². The van der Waals surface area contributed by atoms with Crippen molar-refractivity contribution in [2.24, 2.45) is 4.99 Å². The lowest BCUT2D eigenvalue weighted by Gasteiger charge is -2.15. The molecule has 1 aliphatic heterocycles. The SMILES string of the molecule is CN=C(NCc1cccs1)NCC1Cc2ccccc2O1.I. The van der Waals surface area contributed by atoms with Crippen LogP contribution < -0.4 is 15.4 Å². The summed E-state index contributed by atoms with van der Waals surface area (Å²) in [6, 6.07) is 12.4. The van der Waals surface area contributed by atoms with E-state index in [-0.39, 0.29) is 30.1 Å². The number of halogens is 1. The first-order valence-electron chi connectivity index (χ1n) is 7.06. The summed E-state index contributed by atoms with van der Waals surface area (Å²) < 4.78 is 5.91. The van der Waals surface area contributed by atoms with E-state index in [4.69, 9.17) is 4.74 Å². The van der Waals surface area contributed by atoms with E-state index in [1.807, 2.05) is 12.1 Å². The molecular formula is C16H20IN3OS. The lowest BCUT2D eigenvalue weighted by molar-refractivity contribution is 0.235. The van der Waals surface area contributed by atoms with Gasteiger partial charge in [0.25, 0.3) is 0 Å². The van der Waals surface area contributed by atoms with Gasteiger partial charge in [-0.3, -0.25) is 4.99 Å². The second-order valence-corrected chi connectivity index (χ2v) is 5.97. The number of guanidine groups is 1. The Morgan fingerprint density at radius 1 is 1.27 bits per heavy atom. The van der Waals surface area contributed by atoms with E-state index in [0.29, 0.717) is 0 Å². The average Bonchev–Trinajstić information content (AvgIpc) is 3.16. The molecule has 0 saturated heterocycles. The molecule has 6 heteroatoms. The molecule has 0 amide bonds. The number of hydrogen-bond acceptors (Lipinski definition) is 3. The van der Waals surface area contributed by atoms with Gasteiger partial charge >= 0.3 is 0 Å². The van der Waals surface area contributed by atoms with Crippen LogP contribution in [0.3, 0.4) is 0 Å². The second kappa shape index (κ2) is 8.38. The van der Waals surface area contributed by atoms with Crippen LogP contribution in [0.5, 0.6) is 5.75 Å². The highest BCUT2D eigenvalue weighted by Gasteiger charge is 2.22. The highest BCUT2D eigenvalue weighted by molar-refractivity contribution is 14.0. The van der Waals surface area contributed by atoms with Crippen molar-refractivity contribution in [3.8, 4) is 5.75 Å². The number of fused-ring (bicyclic) bond motifs is 1. The minimum Gasteiger partial charge on any atom is -0.488 e. The summed E-state index contributed by atoms with van der Waals surface area (Å²) in [7, 11) is 1.79. The maximum Gasteiger partial charge on any atom is 0.191 e. The number of ether oxygens (including phenoxy) is 1. The summed E-state index contributed by atoms with van der Waals surface area (Å²) in [4.78, 5) is 5.54. The largest absolute Gasteiger partial charge is 0.488 e. The fourth-order valence-corrected chi connectivity index (χ4v) is 3.03. The van der Waals surface area contributed by atoms with Crippen LogP contribution in [0.4, 0.5) is 0 Å². The molecule has 1 atom stereocenters. The van der Waals surface area contributed by atoms with Gasteiger partial charge in [0, 0.05) is 18.3 Å². The summed E-state index contributed by atoms with van der Waals surface area (Å²) in [5.41, 5.74) is 1.28. The van der Waals surface area contributed by atoms with Gasteiger partial charge in [0.05, 0.1) is 13.1 Å². The molecule has 0 spiro atoms. The molecule has 22 heavy (non-hydrogen) atoms. The van der Waals surface area contributed by atoms with Crippen molar-refractivity contribution in [2.75, 3.05) is 13.6 Å². The van der Waals surface area contributed by atoms with E-state index in [2.05, 4.69) is 45.3 Å². The molecule has 1 aromatic heterocycles. The third-order valence-electron chi connectivity index (χ3n) is 3.44. The maximum atomic E-state index is 5.91. The monoisotopic (exact) mass is 429 g/mol. The standard InChI is InChI=1S/C16H19N3OS.HI/c1-17-16(19-11-14-6-4-8-21-14)18-10-13-9-12-5-2-3-7-15(12)20-13;/h2-8,13H,9-11H2,1H3,(H2,17,18,19);1H. The van der Waals surface area contributed by atoms with Gasteiger partial charge in [-0.05, 0) is 23.1 Å². The molecule has 4 nitrogen and oxygen atoms in total. The number of hydrogen-bond donors (Lipinski definition) is 2. The third-order valence-corrected chi connectivity index (χ3v) is 4.32. The molecule has 1 unspecified atom stereocenters. The molecule has 1 aromatic carbocycles. The van der Waals surface area contributed by atoms with E-state index >= 15 is 0 Å². The number of benzene rings is 1. The molecule has 2 N–H and O–H groups in total. The summed E-state index contributed by atoms with van der Waals surface area (Å²) in [6.45, 7) is 1.54. The Labute approximate surface area is 152 Å². The van der Waals surface area contributed by atoms with Gasteiger partial charge in [0.2, 0.25) is 0 Å². The van der Waals surface area contributed by atoms with Gasteiger partial charge in [-0.25, -0.2) is 0 Å². The molecule has 0 saturated carbocycles. The van der Waals surface area contributed by atoms with Crippen LogP contribution in [0.1, 0.15) is 10.4 Å². The first-order chi connectivity index (χ1) is 10.3. The number of para-hydroxylation sites is 1. The van der Waals surface area contributed by atoms with Crippen LogP contribution in [-0.2, 0) is 13.0 Å². The Hall–Kier alpha value is -1.28. The lowest BCUT2D eigenvalue weighted by atomic mass is 10.1. The minimum absolute atomic E-state index is 0. The van der Waals surface area contributed by atoms with Gasteiger partial charge in [0.1, 0.15) is 11.9 Å². The minimum atomic E-state index is 0. The fourth-order valence-electron chi connectivity index (χ4n) is 2.38. The average molecular weight is 429 g/mol. The van der Waals surface area contributed by atoms with Gasteiger partial charge in [-0.2, -0.15) is 0 Å². The van der Waals surface area contributed by atoms with Gasteiger partial charge in [0.15, 0.2) is 5.96 Å². The Kier molecular flexibility index (Phi) is 6.50. The molecule has 0 radical (unpaired) electrons. The Morgan fingerprint density at radius 3 is 2.86 bits per heavy atom. The first-order valence-corrected chi connectivity index (χ1v) is 7.94. The molecule has 2 heterocycles. The Balaban J connectivity index is 0.00000176. The van der Waals surface area contributed by atoms with Crippen LogP contribution in [0.25, 0.3) is 0 Å². The molecule has 0 bridgehead atoms. The second-order valence-electron chi connectivity index (χ2n) is 4.94. The van der Waals surface area contributed by atoms with Crippen molar-refractivity contribution in [3.05, 3.63) is 52.2 Å². The zero-order valence-electron chi connectivity index (χ0n) is 12.4. The van der Waals surface area contributed by atoms with Gasteiger partial charge in [-0.15, -0.1) is 35.3 Å². The van der Waals surface area contributed by atoms with Crippen molar-refractivity contribution >= 4 is 41.3 Å². The number of rotatable bonds is 4. The summed E-state index contributed by atoms with van der Waals surface area (Å²) in [5, 5.41) is 8.72. The zero-order valence-corrected chi connectivity index (χ0v) is 15.6. The van der Waals surface area contributed by atoms with Crippen LogP contribution in [0.15, 0.2) is 46.8 Å². The normalized spacial score (nSPS) is 16.4. The maximum absolute atomic E-state index is 5.91.